The van der Waals surface area contributed by atoms with Crippen molar-refractivity contribution in [1.82, 2.24) is 9.97 Å². The third-order valence-electron chi connectivity index (χ3n) is 3.28. The zero-order chi connectivity index (χ0) is 13.9. The standard InChI is InChI=1S/C16H16N4/c1-2-11-7-3-5-9-13(11)18-16-19-14-10-6-4-8-12(14)15(17)20-16/h3-10H,2H2,1H3,(H3,17,18,19,20). The van der Waals surface area contributed by atoms with E-state index in [4.69, 9.17) is 5.73 Å². The van der Waals surface area contributed by atoms with Crippen LogP contribution in [-0.2, 0) is 6.42 Å². The molecule has 0 aliphatic rings. The lowest BCUT2D eigenvalue weighted by Gasteiger charge is -2.10. The fraction of sp³-hybridized carbons (Fsp3) is 0.125. The Morgan fingerprint density at radius 2 is 1.75 bits per heavy atom. The van der Waals surface area contributed by atoms with Crippen LogP contribution in [0.15, 0.2) is 48.5 Å². The number of nitrogens with one attached hydrogen (secondary N) is 1. The number of nitrogens with zero attached hydrogens (tertiary/aromatic N) is 2. The number of rotatable bonds is 3. The molecule has 3 rings (SSSR count). The minimum absolute atomic E-state index is 0.493. The third kappa shape index (κ3) is 2.28. The summed E-state index contributed by atoms with van der Waals surface area (Å²) >= 11 is 0. The molecule has 1 aromatic heterocycles. The molecule has 0 unspecified atom stereocenters. The molecule has 3 aromatic rings. The Hall–Kier alpha value is -2.62. The predicted molar refractivity (Wildman–Crippen MR) is 83.1 cm³/mol. The van der Waals surface area contributed by atoms with Gasteiger partial charge in [-0.3, -0.25) is 0 Å². The monoisotopic (exact) mass is 264 g/mol. The second-order valence-electron chi connectivity index (χ2n) is 4.59. The second kappa shape index (κ2) is 5.17. The lowest BCUT2D eigenvalue weighted by molar-refractivity contribution is 1.13. The number of nitrogens with two attached hydrogens (primary N) is 1. The molecule has 0 aliphatic carbocycles. The number of hydrogen-bond donors (Lipinski definition) is 2. The molecule has 20 heavy (non-hydrogen) atoms. The van der Waals surface area contributed by atoms with Crippen molar-refractivity contribution in [2.45, 2.75) is 13.3 Å². The Labute approximate surface area is 117 Å². The highest BCUT2D eigenvalue weighted by Crippen LogP contribution is 2.23. The Morgan fingerprint density at radius 1 is 1.00 bits per heavy atom. The highest BCUT2D eigenvalue weighted by molar-refractivity contribution is 5.89. The topological polar surface area (TPSA) is 63.8 Å². The molecule has 3 N–H and O–H groups in total. The van der Waals surface area contributed by atoms with Crippen molar-refractivity contribution < 1.29 is 0 Å². The molecule has 4 nitrogen and oxygen atoms in total. The van der Waals surface area contributed by atoms with E-state index in [1.54, 1.807) is 0 Å². The first kappa shape index (κ1) is 12.4. The third-order valence-corrected chi connectivity index (χ3v) is 3.28. The van der Waals surface area contributed by atoms with E-state index < -0.39 is 0 Å². The molecule has 0 fully saturated rings. The zero-order valence-electron chi connectivity index (χ0n) is 11.3. The SMILES string of the molecule is CCc1ccccc1Nc1nc(N)c2ccccc2n1. The molecular weight excluding hydrogens is 248 g/mol. The van der Waals surface area contributed by atoms with Gasteiger partial charge in [-0.25, -0.2) is 4.98 Å². The number of aryl methyl sites for hydroxylation is 1. The fourth-order valence-corrected chi connectivity index (χ4v) is 2.23. The number of hydrogen-bond acceptors (Lipinski definition) is 4. The molecule has 4 heteroatoms. The zero-order valence-corrected chi connectivity index (χ0v) is 11.3. The van der Waals surface area contributed by atoms with Gasteiger partial charge in [0, 0.05) is 11.1 Å². The van der Waals surface area contributed by atoms with Gasteiger partial charge in [-0.2, -0.15) is 4.98 Å². The number of nitrogen functional groups attached to an aromatic ring is 1. The summed E-state index contributed by atoms with van der Waals surface area (Å²) < 4.78 is 0. The first-order chi connectivity index (χ1) is 9.78. The molecule has 1 heterocycles. The summed E-state index contributed by atoms with van der Waals surface area (Å²) in [6, 6.07) is 15.9. The molecule has 2 aromatic carbocycles. The molecule has 100 valence electrons. The predicted octanol–water partition coefficient (Wildman–Crippen LogP) is 3.52. The molecule has 0 atom stereocenters. The van der Waals surface area contributed by atoms with Crippen LogP contribution in [0.1, 0.15) is 12.5 Å². The first-order valence-corrected chi connectivity index (χ1v) is 6.65. The van der Waals surface area contributed by atoms with Crippen LogP contribution >= 0.6 is 0 Å². The minimum atomic E-state index is 0.493. The summed E-state index contributed by atoms with van der Waals surface area (Å²) in [4.78, 5) is 8.83. The van der Waals surface area contributed by atoms with Crippen molar-refractivity contribution in [2.24, 2.45) is 0 Å². The maximum absolute atomic E-state index is 5.99. The smallest absolute Gasteiger partial charge is 0.229 e. The van der Waals surface area contributed by atoms with Crippen LogP contribution in [0.25, 0.3) is 10.9 Å². The molecular formula is C16H16N4. The van der Waals surface area contributed by atoms with Gasteiger partial charge in [-0.1, -0.05) is 37.3 Å². The van der Waals surface area contributed by atoms with E-state index in [9.17, 15) is 0 Å². The van der Waals surface area contributed by atoms with Crippen molar-refractivity contribution in [2.75, 3.05) is 11.1 Å². The van der Waals surface area contributed by atoms with Crippen LogP contribution in [-0.4, -0.2) is 9.97 Å². The van der Waals surface area contributed by atoms with E-state index in [1.165, 1.54) is 5.56 Å². The average molecular weight is 264 g/mol. The Kier molecular flexibility index (Phi) is 3.21. The van der Waals surface area contributed by atoms with Gasteiger partial charge < -0.3 is 11.1 Å². The van der Waals surface area contributed by atoms with Gasteiger partial charge in [0.05, 0.1) is 5.52 Å². The van der Waals surface area contributed by atoms with Gasteiger partial charge in [-0.05, 0) is 30.2 Å². The summed E-state index contributed by atoms with van der Waals surface area (Å²) in [7, 11) is 0. The summed E-state index contributed by atoms with van der Waals surface area (Å²) in [5.41, 5.74) is 9.08. The van der Waals surface area contributed by atoms with Gasteiger partial charge in [0.2, 0.25) is 5.95 Å². The van der Waals surface area contributed by atoms with E-state index in [0.29, 0.717) is 11.8 Å². The highest BCUT2D eigenvalue weighted by Gasteiger charge is 2.06. The lowest BCUT2D eigenvalue weighted by atomic mass is 10.1. The van der Waals surface area contributed by atoms with Crippen LogP contribution in [0.4, 0.5) is 17.5 Å². The lowest BCUT2D eigenvalue weighted by Crippen LogP contribution is -2.03. The largest absolute Gasteiger partial charge is 0.383 e. The Morgan fingerprint density at radius 3 is 2.60 bits per heavy atom. The number of benzene rings is 2. The molecule has 0 saturated carbocycles. The highest BCUT2D eigenvalue weighted by atomic mass is 15.1. The van der Waals surface area contributed by atoms with Crippen LogP contribution < -0.4 is 11.1 Å². The van der Waals surface area contributed by atoms with Crippen LogP contribution in [0.5, 0.6) is 0 Å². The quantitative estimate of drug-likeness (QED) is 0.759. The summed E-state index contributed by atoms with van der Waals surface area (Å²) in [5, 5.41) is 4.13. The first-order valence-electron chi connectivity index (χ1n) is 6.65. The van der Waals surface area contributed by atoms with Crippen LogP contribution in [0, 0.1) is 0 Å². The average Bonchev–Trinajstić information content (AvgIpc) is 2.48. The summed E-state index contributed by atoms with van der Waals surface area (Å²) in [6.45, 7) is 2.12. The number of para-hydroxylation sites is 2. The number of fused-ring (bicyclic) bond motifs is 1. The van der Waals surface area contributed by atoms with Crippen molar-refractivity contribution in [3.63, 3.8) is 0 Å². The summed E-state index contributed by atoms with van der Waals surface area (Å²) in [5.74, 6) is 1.02. The number of anilines is 3. The van der Waals surface area contributed by atoms with Crippen LogP contribution in [0.2, 0.25) is 0 Å². The van der Waals surface area contributed by atoms with E-state index in [-0.39, 0.29) is 0 Å². The number of aromatic nitrogens is 2. The van der Waals surface area contributed by atoms with Crippen molar-refractivity contribution in [3.8, 4) is 0 Å². The van der Waals surface area contributed by atoms with Gasteiger partial charge in [-0.15, -0.1) is 0 Å². The Bertz CT molecular complexity index is 752. The van der Waals surface area contributed by atoms with E-state index in [2.05, 4.69) is 28.3 Å². The second-order valence-corrected chi connectivity index (χ2v) is 4.59. The molecule has 0 amide bonds. The van der Waals surface area contributed by atoms with Gasteiger partial charge >= 0.3 is 0 Å². The molecule has 0 radical (unpaired) electrons. The van der Waals surface area contributed by atoms with Gasteiger partial charge in [0.15, 0.2) is 0 Å². The maximum Gasteiger partial charge on any atom is 0.229 e. The fourth-order valence-electron chi connectivity index (χ4n) is 2.23. The van der Waals surface area contributed by atoms with Crippen LogP contribution in [0.3, 0.4) is 0 Å². The maximum atomic E-state index is 5.99. The van der Waals surface area contributed by atoms with Crippen molar-refractivity contribution in [3.05, 3.63) is 54.1 Å². The molecule has 0 saturated heterocycles. The van der Waals surface area contributed by atoms with Crippen molar-refractivity contribution in [1.29, 1.82) is 0 Å². The molecule has 0 spiro atoms. The summed E-state index contributed by atoms with van der Waals surface area (Å²) in [6.07, 6.45) is 0.951. The molecule has 0 bridgehead atoms. The normalized spacial score (nSPS) is 10.7. The van der Waals surface area contributed by atoms with Gasteiger partial charge in [0.1, 0.15) is 5.82 Å². The van der Waals surface area contributed by atoms with E-state index in [1.807, 2.05) is 42.5 Å². The van der Waals surface area contributed by atoms with E-state index in [0.717, 1.165) is 23.0 Å². The van der Waals surface area contributed by atoms with E-state index >= 15 is 0 Å². The molecule has 0 aliphatic heterocycles. The van der Waals surface area contributed by atoms with Crippen molar-refractivity contribution >= 4 is 28.4 Å². The Balaban J connectivity index is 2.03. The minimum Gasteiger partial charge on any atom is -0.383 e. The van der Waals surface area contributed by atoms with Gasteiger partial charge in [0.25, 0.3) is 0 Å².